The van der Waals surface area contributed by atoms with Gasteiger partial charge in [-0.25, -0.2) is 4.98 Å². The first-order chi connectivity index (χ1) is 9.74. The van der Waals surface area contributed by atoms with Crippen molar-refractivity contribution in [2.24, 2.45) is 11.8 Å². The van der Waals surface area contributed by atoms with Crippen LogP contribution in [0.25, 0.3) is 11.3 Å². The molecule has 1 saturated heterocycles. The number of nitrogens with zero attached hydrogens (tertiary/aromatic N) is 1. The van der Waals surface area contributed by atoms with Crippen LogP contribution in [0.5, 0.6) is 0 Å². The molecule has 20 heavy (non-hydrogen) atoms. The van der Waals surface area contributed by atoms with E-state index in [4.69, 9.17) is 0 Å². The number of rotatable bonds is 4. The highest BCUT2D eigenvalue weighted by atomic mass is 16.1. The van der Waals surface area contributed by atoms with Crippen LogP contribution in [0.4, 0.5) is 5.69 Å². The first kappa shape index (κ1) is 12.9. The number of imidazole rings is 1. The molecule has 1 unspecified atom stereocenters. The molecule has 0 aliphatic carbocycles. The fourth-order valence-electron chi connectivity index (χ4n) is 2.28. The summed E-state index contributed by atoms with van der Waals surface area (Å²) in [6, 6.07) is 7.77. The van der Waals surface area contributed by atoms with Crippen LogP contribution in [0.2, 0.25) is 0 Å². The Labute approximate surface area is 117 Å². The number of nitrogens with one attached hydrogen (secondary N) is 3. The van der Waals surface area contributed by atoms with E-state index in [0.29, 0.717) is 5.92 Å². The highest BCUT2D eigenvalue weighted by Crippen LogP contribution is 2.21. The molecule has 5 nitrogen and oxygen atoms in total. The Bertz CT molecular complexity index is 572. The Morgan fingerprint density at radius 2 is 2.10 bits per heavy atom. The minimum atomic E-state index is 0.0449. The van der Waals surface area contributed by atoms with Crippen molar-refractivity contribution in [1.82, 2.24) is 15.3 Å². The van der Waals surface area contributed by atoms with E-state index in [1.807, 2.05) is 31.2 Å². The number of amides is 1. The zero-order valence-electron chi connectivity index (χ0n) is 11.4. The molecule has 104 valence electrons. The van der Waals surface area contributed by atoms with Crippen LogP contribution in [0, 0.1) is 11.8 Å². The third-order valence-electron chi connectivity index (χ3n) is 3.90. The standard InChI is InChI=1S/C15H18N4O/c1-10(12-6-16-7-12)15(20)19-13-4-2-11(3-5-13)14-8-17-9-18-14/h2-5,8-10,12,16H,6-7H2,1H3,(H,17,18)(H,19,20). The lowest BCUT2D eigenvalue weighted by atomic mass is 9.88. The number of H-pyrrole nitrogens is 1. The number of carbonyl (C=O) groups excluding carboxylic acids is 1. The molecule has 2 heterocycles. The van der Waals surface area contributed by atoms with Crippen LogP contribution in [0.1, 0.15) is 6.92 Å². The second-order valence-corrected chi connectivity index (χ2v) is 5.24. The molecule has 1 aromatic carbocycles. The largest absolute Gasteiger partial charge is 0.345 e. The maximum Gasteiger partial charge on any atom is 0.227 e. The molecule has 1 aliphatic rings. The van der Waals surface area contributed by atoms with Gasteiger partial charge in [0, 0.05) is 11.6 Å². The predicted molar refractivity (Wildman–Crippen MR) is 78.2 cm³/mol. The fraction of sp³-hybridized carbons (Fsp3) is 0.333. The van der Waals surface area contributed by atoms with Gasteiger partial charge in [0.15, 0.2) is 0 Å². The van der Waals surface area contributed by atoms with E-state index in [1.165, 1.54) is 0 Å². The van der Waals surface area contributed by atoms with E-state index in [9.17, 15) is 4.79 Å². The molecule has 0 bridgehead atoms. The number of hydrogen-bond donors (Lipinski definition) is 3. The molecule has 0 saturated carbocycles. The molecular weight excluding hydrogens is 252 g/mol. The highest BCUT2D eigenvalue weighted by molar-refractivity contribution is 5.92. The monoisotopic (exact) mass is 270 g/mol. The Morgan fingerprint density at radius 1 is 1.35 bits per heavy atom. The van der Waals surface area contributed by atoms with Crippen LogP contribution < -0.4 is 10.6 Å². The summed E-state index contributed by atoms with van der Waals surface area (Å²) in [6.45, 7) is 3.86. The molecule has 1 fully saturated rings. The van der Waals surface area contributed by atoms with Crippen molar-refractivity contribution in [3.05, 3.63) is 36.8 Å². The average molecular weight is 270 g/mol. The van der Waals surface area contributed by atoms with Gasteiger partial charge in [0.05, 0.1) is 18.2 Å². The molecule has 0 spiro atoms. The Morgan fingerprint density at radius 3 is 2.65 bits per heavy atom. The molecule has 1 aromatic heterocycles. The van der Waals surface area contributed by atoms with Crippen molar-refractivity contribution >= 4 is 11.6 Å². The minimum absolute atomic E-state index is 0.0449. The highest BCUT2D eigenvalue weighted by Gasteiger charge is 2.28. The van der Waals surface area contributed by atoms with Crippen LogP contribution in [0.15, 0.2) is 36.8 Å². The number of hydrogen-bond acceptors (Lipinski definition) is 3. The van der Waals surface area contributed by atoms with E-state index < -0.39 is 0 Å². The maximum atomic E-state index is 12.1. The fourth-order valence-corrected chi connectivity index (χ4v) is 2.28. The number of benzene rings is 1. The van der Waals surface area contributed by atoms with Gasteiger partial charge in [-0.1, -0.05) is 19.1 Å². The summed E-state index contributed by atoms with van der Waals surface area (Å²) in [5, 5.41) is 6.17. The molecule has 1 amide bonds. The molecule has 5 heteroatoms. The summed E-state index contributed by atoms with van der Waals surface area (Å²) in [5.74, 6) is 0.591. The number of aromatic amines is 1. The number of carbonyl (C=O) groups is 1. The van der Waals surface area contributed by atoms with Gasteiger partial charge in [0.25, 0.3) is 0 Å². The lowest BCUT2D eigenvalue weighted by Crippen LogP contribution is -2.48. The summed E-state index contributed by atoms with van der Waals surface area (Å²) < 4.78 is 0. The van der Waals surface area contributed by atoms with Gasteiger partial charge >= 0.3 is 0 Å². The lowest BCUT2D eigenvalue weighted by molar-refractivity contribution is -0.121. The quantitative estimate of drug-likeness (QED) is 0.794. The molecule has 3 N–H and O–H groups in total. The predicted octanol–water partition coefficient (Wildman–Crippen LogP) is 1.87. The van der Waals surface area contributed by atoms with Gasteiger partial charge in [-0.15, -0.1) is 0 Å². The Balaban J connectivity index is 1.64. The number of aromatic nitrogens is 2. The van der Waals surface area contributed by atoms with Crippen LogP contribution >= 0.6 is 0 Å². The normalized spacial score (nSPS) is 16.4. The Kier molecular flexibility index (Phi) is 3.52. The van der Waals surface area contributed by atoms with Crippen molar-refractivity contribution in [2.45, 2.75) is 6.92 Å². The first-order valence-corrected chi connectivity index (χ1v) is 6.84. The SMILES string of the molecule is CC(C(=O)Nc1ccc(-c2cnc[nH]2)cc1)C1CNC1. The summed E-state index contributed by atoms with van der Waals surface area (Å²) in [7, 11) is 0. The third-order valence-corrected chi connectivity index (χ3v) is 3.90. The molecule has 2 aromatic rings. The second kappa shape index (κ2) is 5.46. The molecule has 1 atom stereocenters. The zero-order valence-corrected chi connectivity index (χ0v) is 11.4. The van der Waals surface area contributed by atoms with Crippen LogP contribution in [-0.4, -0.2) is 29.0 Å². The van der Waals surface area contributed by atoms with Gasteiger partial charge < -0.3 is 15.6 Å². The third kappa shape index (κ3) is 2.58. The van der Waals surface area contributed by atoms with E-state index in [2.05, 4.69) is 20.6 Å². The number of anilines is 1. The lowest BCUT2D eigenvalue weighted by Gasteiger charge is -2.31. The van der Waals surface area contributed by atoms with E-state index in [-0.39, 0.29) is 11.8 Å². The molecule has 0 radical (unpaired) electrons. The van der Waals surface area contributed by atoms with E-state index >= 15 is 0 Å². The average Bonchev–Trinajstić information content (AvgIpc) is 2.91. The Hall–Kier alpha value is -2.14. The molecule has 1 aliphatic heterocycles. The smallest absolute Gasteiger partial charge is 0.227 e. The summed E-state index contributed by atoms with van der Waals surface area (Å²) in [5.41, 5.74) is 2.85. The summed E-state index contributed by atoms with van der Waals surface area (Å²) in [4.78, 5) is 19.2. The second-order valence-electron chi connectivity index (χ2n) is 5.24. The van der Waals surface area contributed by atoms with Gasteiger partial charge in [0.2, 0.25) is 5.91 Å². The van der Waals surface area contributed by atoms with Crippen molar-refractivity contribution in [2.75, 3.05) is 18.4 Å². The van der Waals surface area contributed by atoms with Crippen molar-refractivity contribution in [3.8, 4) is 11.3 Å². The summed E-state index contributed by atoms with van der Waals surface area (Å²) in [6.07, 6.45) is 3.43. The van der Waals surface area contributed by atoms with Crippen molar-refractivity contribution in [3.63, 3.8) is 0 Å². The van der Waals surface area contributed by atoms with Gasteiger partial charge in [-0.3, -0.25) is 4.79 Å². The van der Waals surface area contributed by atoms with Crippen LogP contribution in [0.3, 0.4) is 0 Å². The van der Waals surface area contributed by atoms with Gasteiger partial charge in [0.1, 0.15) is 0 Å². The van der Waals surface area contributed by atoms with Crippen LogP contribution in [-0.2, 0) is 4.79 Å². The van der Waals surface area contributed by atoms with Crippen molar-refractivity contribution < 1.29 is 4.79 Å². The van der Waals surface area contributed by atoms with E-state index in [0.717, 1.165) is 30.0 Å². The summed E-state index contributed by atoms with van der Waals surface area (Å²) >= 11 is 0. The minimum Gasteiger partial charge on any atom is -0.345 e. The van der Waals surface area contributed by atoms with Crippen molar-refractivity contribution in [1.29, 1.82) is 0 Å². The van der Waals surface area contributed by atoms with Gasteiger partial charge in [-0.05, 0) is 36.7 Å². The zero-order chi connectivity index (χ0) is 13.9. The van der Waals surface area contributed by atoms with E-state index in [1.54, 1.807) is 12.5 Å². The topological polar surface area (TPSA) is 69.8 Å². The molecular formula is C15H18N4O. The maximum absolute atomic E-state index is 12.1. The molecule has 3 rings (SSSR count). The van der Waals surface area contributed by atoms with Gasteiger partial charge in [-0.2, -0.15) is 0 Å². The first-order valence-electron chi connectivity index (χ1n) is 6.84.